The summed E-state index contributed by atoms with van der Waals surface area (Å²) in [6.45, 7) is 10.9. The molecule has 2 rings (SSSR count). The number of rotatable bonds is 7. The van der Waals surface area contributed by atoms with Gasteiger partial charge in [-0.1, -0.05) is 39.8 Å². The van der Waals surface area contributed by atoms with E-state index in [-0.39, 0.29) is 0 Å². The first-order chi connectivity index (χ1) is 9.97. The quantitative estimate of drug-likeness (QED) is 0.810. The third kappa shape index (κ3) is 3.79. The Balaban J connectivity index is 2.05. The van der Waals surface area contributed by atoms with Crippen LogP contribution in [0.2, 0.25) is 0 Å². The number of benzene rings is 1. The maximum Gasteiger partial charge on any atom is 0.119 e. The smallest absolute Gasteiger partial charge is 0.119 e. The molecule has 0 aliphatic heterocycles. The average molecular weight is 289 g/mol. The van der Waals surface area contributed by atoms with Crippen LogP contribution in [0.1, 0.15) is 46.1 Å². The molecule has 0 bridgehead atoms. The lowest BCUT2D eigenvalue weighted by molar-refractivity contribution is 0.0995. The lowest BCUT2D eigenvalue weighted by Crippen LogP contribution is -2.49. The van der Waals surface area contributed by atoms with Crippen LogP contribution in [-0.4, -0.2) is 20.2 Å². The predicted molar refractivity (Wildman–Crippen MR) is 89.9 cm³/mol. The van der Waals surface area contributed by atoms with Crippen molar-refractivity contribution in [2.24, 2.45) is 17.8 Å². The second kappa shape index (κ2) is 6.83. The van der Waals surface area contributed by atoms with E-state index in [0.717, 1.165) is 30.7 Å². The van der Waals surface area contributed by atoms with E-state index in [0.29, 0.717) is 11.3 Å². The molecule has 0 spiro atoms. The average Bonchev–Trinajstić information content (AvgIpc) is 2.40. The van der Waals surface area contributed by atoms with E-state index in [1.165, 1.54) is 18.4 Å². The summed E-state index contributed by atoms with van der Waals surface area (Å²) < 4.78 is 5.79. The van der Waals surface area contributed by atoms with E-state index in [4.69, 9.17) is 4.74 Å². The maximum atomic E-state index is 5.79. The molecule has 1 aliphatic rings. The van der Waals surface area contributed by atoms with E-state index in [9.17, 15) is 0 Å². The van der Waals surface area contributed by atoms with Gasteiger partial charge in [0.25, 0.3) is 0 Å². The summed E-state index contributed by atoms with van der Waals surface area (Å²) >= 11 is 0. The van der Waals surface area contributed by atoms with Gasteiger partial charge in [0.1, 0.15) is 5.75 Å². The molecule has 1 saturated carbocycles. The van der Waals surface area contributed by atoms with Gasteiger partial charge in [-0.05, 0) is 55.3 Å². The minimum absolute atomic E-state index is 0.334. The molecule has 0 amide bonds. The normalized spacial score (nSPS) is 25.2. The van der Waals surface area contributed by atoms with Crippen molar-refractivity contribution in [1.82, 2.24) is 5.32 Å². The van der Waals surface area contributed by atoms with Crippen LogP contribution in [0.5, 0.6) is 5.75 Å². The first kappa shape index (κ1) is 16.4. The molecule has 0 unspecified atom stereocenters. The van der Waals surface area contributed by atoms with E-state index >= 15 is 0 Å². The second-order valence-corrected chi connectivity index (χ2v) is 7.45. The molecule has 21 heavy (non-hydrogen) atoms. The molecule has 1 aromatic carbocycles. The number of ether oxygens (including phenoxy) is 1. The number of likely N-dealkylation sites (N-methyl/N-ethyl adjacent to an activating group) is 1. The van der Waals surface area contributed by atoms with Gasteiger partial charge in [-0.25, -0.2) is 0 Å². The van der Waals surface area contributed by atoms with Crippen molar-refractivity contribution in [3.05, 3.63) is 29.8 Å². The van der Waals surface area contributed by atoms with E-state index in [1.807, 2.05) is 0 Å². The summed E-state index contributed by atoms with van der Waals surface area (Å²) in [6.07, 6.45) is 2.61. The fourth-order valence-corrected chi connectivity index (χ4v) is 3.40. The highest BCUT2D eigenvalue weighted by atomic mass is 16.5. The molecular weight excluding hydrogens is 258 g/mol. The Labute approximate surface area is 130 Å². The molecule has 0 aromatic heterocycles. The molecule has 1 N–H and O–H groups in total. The number of hydrogen-bond donors (Lipinski definition) is 1. The molecule has 0 saturated heterocycles. The zero-order valence-corrected chi connectivity index (χ0v) is 14.3. The highest BCUT2D eigenvalue weighted by molar-refractivity contribution is 5.35. The lowest BCUT2D eigenvalue weighted by Gasteiger charge is -2.50. The third-order valence-electron chi connectivity index (χ3n) is 4.81. The van der Waals surface area contributed by atoms with Crippen molar-refractivity contribution >= 4 is 0 Å². The van der Waals surface area contributed by atoms with Crippen molar-refractivity contribution in [3.63, 3.8) is 0 Å². The summed E-state index contributed by atoms with van der Waals surface area (Å²) in [5.41, 5.74) is 1.80. The third-order valence-corrected chi connectivity index (χ3v) is 4.81. The Morgan fingerprint density at radius 3 is 2.24 bits per heavy atom. The SMILES string of the molecule is CNCC1(c2ccc(OCC(C)C)cc2)CC(C(C)C)C1. The number of nitrogens with one attached hydrogen (secondary N) is 1. The second-order valence-electron chi connectivity index (χ2n) is 7.45. The molecule has 0 radical (unpaired) electrons. The first-order valence-corrected chi connectivity index (χ1v) is 8.35. The van der Waals surface area contributed by atoms with Gasteiger partial charge in [-0.3, -0.25) is 0 Å². The van der Waals surface area contributed by atoms with Gasteiger partial charge in [-0.15, -0.1) is 0 Å². The van der Waals surface area contributed by atoms with Gasteiger partial charge in [0.2, 0.25) is 0 Å². The van der Waals surface area contributed by atoms with Crippen LogP contribution in [0.15, 0.2) is 24.3 Å². The van der Waals surface area contributed by atoms with Gasteiger partial charge in [0.05, 0.1) is 6.61 Å². The topological polar surface area (TPSA) is 21.3 Å². The molecule has 0 atom stereocenters. The highest BCUT2D eigenvalue weighted by Gasteiger charge is 2.45. The standard InChI is InChI=1S/C19H31NO/c1-14(2)12-21-18-8-6-17(7-9-18)19(13-20-5)10-16(11-19)15(3)4/h6-9,14-16,20H,10-13H2,1-5H3. The Morgan fingerprint density at radius 1 is 1.14 bits per heavy atom. The van der Waals surface area contributed by atoms with Crippen LogP contribution in [0.3, 0.4) is 0 Å². The Hall–Kier alpha value is -1.02. The van der Waals surface area contributed by atoms with Crippen LogP contribution in [-0.2, 0) is 5.41 Å². The summed E-state index contributed by atoms with van der Waals surface area (Å²) in [5, 5.41) is 3.39. The summed E-state index contributed by atoms with van der Waals surface area (Å²) in [6, 6.07) is 8.81. The van der Waals surface area contributed by atoms with E-state index < -0.39 is 0 Å². The molecule has 118 valence electrons. The summed E-state index contributed by atoms with van der Waals surface area (Å²) in [5.74, 6) is 3.23. The molecule has 2 heteroatoms. The van der Waals surface area contributed by atoms with E-state index in [1.54, 1.807) is 0 Å². The zero-order chi connectivity index (χ0) is 15.5. The molecule has 2 nitrogen and oxygen atoms in total. The largest absolute Gasteiger partial charge is 0.493 e. The van der Waals surface area contributed by atoms with Crippen LogP contribution in [0, 0.1) is 17.8 Å². The van der Waals surface area contributed by atoms with Gasteiger partial charge < -0.3 is 10.1 Å². The first-order valence-electron chi connectivity index (χ1n) is 8.35. The molecular formula is C19H31NO. The molecule has 1 fully saturated rings. The van der Waals surface area contributed by atoms with Gasteiger partial charge in [0.15, 0.2) is 0 Å². The van der Waals surface area contributed by atoms with Crippen molar-refractivity contribution < 1.29 is 4.74 Å². The van der Waals surface area contributed by atoms with Gasteiger partial charge in [0, 0.05) is 12.0 Å². The maximum absolute atomic E-state index is 5.79. The van der Waals surface area contributed by atoms with Crippen LogP contribution < -0.4 is 10.1 Å². The minimum Gasteiger partial charge on any atom is -0.493 e. The minimum atomic E-state index is 0.334. The summed E-state index contributed by atoms with van der Waals surface area (Å²) in [4.78, 5) is 0. The zero-order valence-electron chi connectivity index (χ0n) is 14.3. The Bertz CT molecular complexity index is 429. The molecule has 1 aromatic rings. The van der Waals surface area contributed by atoms with Crippen LogP contribution in [0.25, 0.3) is 0 Å². The lowest BCUT2D eigenvalue weighted by atomic mass is 9.56. The number of hydrogen-bond acceptors (Lipinski definition) is 2. The van der Waals surface area contributed by atoms with E-state index in [2.05, 4.69) is 64.3 Å². The predicted octanol–water partition coefficient (Wildman–Crippen LogP) is 4.24. The Morgan fingerprint density at radius 2 is 1.76 bits per heavy atom. The fourth-order valence-electron chi connectivity index (χ4n) is 3.40. The molecule has 0 heterocycles. The van der Waals surface area contributed by atoms with Crippen LogP contribution in [0.4, 0.5) is 0 Å². The Kier molecular flexibility index (Phi) is 5.32. The van der Waals surface area contributed by atoms with Crippen molar-refractivity contribution in [1.29, 1.82) is 0 Å². The van der Waals surface area contributed by atoms with Crippen molar-refractivity contribution in [3.8, 4) is 5.75 Å². The van der Waals surface area contributed by atoms with Crippen molar-refractivity contribution in [2.75, 3.05) is 20.2 Å². The molecule has 1 aliphatic carbocycles. The summed E-state index contributed by atoms with van der Waals surface area (Å²) in [7, 11) is 2.06. The van der Waals surface area contributed by atoms with Crippen molar-refractivity contribution in [2.45, 2.75) is 46.0 Å². The monoisotopic (exact) mass is 289 g/mol. The highest BCUT2D eigenvalue weighted by Crippen LogP contribution is 2.50. The van der Waals surface area contributed by atoms with Crippen LogP contribution >= 0.6 is 0 Å². The van der Waals surface area contributed by atoms with Gasteiger partial charge >= 0.3 is 0 Å². The fraction of sp³-hybridized carbons (Fsp3) is 0.684. The van der Waals surface area contributed by atoms with Gasteiger partial charge in [-0.2, -0.15) is 0 Å².